The lowest BCUT2D eigenvalue weighted by molar-refractivity contribution is -0.263. The maximum atomic E-state index is 10.7. The molecule has 0 fully saturated rings. The molecule has 0 aliphatic heterocycles. The van der Waals surface area contributed by atoms with E-state index in [2.05, 4.69) is 9.47 Å². The molecule has 0 bridgehead atoms. The molecule has 0 aliphatic carbocycles. The molecule has 0 saturated heterocycles. The smallest absolute Gasteiger partial charge is 0.367 e. The highest BCUT2D eigenvalue weighted by molar-refractivity contribution is 5.85. The predicted molar refractivity (Wildman–Crippen MR) is 47.3 cm³/mol. The minimum atomic E-state index is -2.86. The number of carboxylic acids is 2. The van der Waals surface area contributed by atoms with Crippen LogP contribution in [0, 0.1) is 0 Å². The van der Waals surface area contributed by atoms with E-state index in [9.17, 15) is 14.7 Å². The van der Waals surface area contributed by atoms with Gasteiger partial charge in [-0.05, 0) is 13.8 Å². The normalized spacial score (nSPS) is 16.7. The van der Waals surface area contributed by atoms with Crippen LogP contribution < -0.4 is 0 Å². The predicted octanol–water partition coefficient (Wildman–Crippen LogP) is -0.714. The third kappa shape index (κ3) is 3.15. The standard InChI is InChI=1S/C8H14O7/c1-3-14-5(6(9)10)8(13,7(11)12)15-4-2/h5,13H,3-4H2,1-2H3,(H,9,10)(H,11,12). The Hall–Kier alpha value is -1.18. The molecule has 15 heavy (non-hydrogen) atoms. The zero-order chi connectivity index (χ0) is 12.1. The van der Waals surface area contributed by atoms with Crippen molar-refractivity contribution in [3.8, 4) is 0 Å². The molecule has 7 nitrogen and oxygen atoms in total. The highest BCUT2D eigenvalue weighted by Gasteiger charge is 2.51. The van der Waals surface area contributed by atoms with Gasteiger partial charge >= 0.3 is 17.7 Å². The summed E-state index contributed by atoms with van der Waals surface area (Å²) < 4.78 is 9.14. The number of carboxylic acid groups (broad SMARTS) is 2. The SMILES string of the molecule is CCOC(C(=O)O)C(O)(OCC)C(=O)O. The number of rotatable bonds is 7. The summed E-state index contributed by atoms with van der Waals surface area (Å²) in [5.41, 5.74) is 0. The van der Waals surface area contributed by atoms with Crippen molar-refractivity contribution < 1.29 is 34.4 Å². The third-order valence-corrected chi connectivity index (χ3v) is 1.58. The van der Waals surface area contributed by atoms with Gasteiger partial charge < -0.3 is 24.8 Å². The molecule has 7 heteroatoms. The summed E-state index contributed by atoms with van der Waals surface area (Å²) in [4.78, 5) is 21.4. The van der Waals surface area contributed by atoms with Gasteiger partial charge in [0.1, 0.15) is 0 Å². The van der Waals surface area contributed by atoms with Crippen molar-refractivity contribution in [3.63, 3.8) is 0 Å². The van der Waals surface area contributed by atoms with Gasteiger partial charge in [0, 0.05) is 13.2 Å². The Morgan fingerprint density at radius 3 is 2.07 bits per heavy atom. The zero-order valence-electron chi connectivity index (χ0n) is 8.47. The number of hydrogen-bond acceptors (Lipinski definition) is 5. The highest BCUT2D eigenvalue weighted by atomic mass is 16.7. The van der Waals surface area contributed by atoms with Crippen LogP contribution >= 0.6 is 0 Å². The van der Waals surface area contributed by atoms with E-state index in [1.165, 1.54) is 13.8 Å². The van der Waals surface area contributed by atoms with Crippen LogP contribution in [0.2, 0.25) is 0 Å². The lowest BCUT2D eigenvalue weighted by Gasteiger charge is -2.28. The van der Waals surface area contributed by atoms with E-state index in [0.29, 0.717) is 0 Å². The van der Waals surface area contributed by atoms with Gasteiger partial charge in [0.15, 0.2) is 0 Å². The molecular formula is C8H14O7. The van der Waals surface area contributed by atoms with E-state index in [1.807, 2.05) is 0 Å². The minimum Gasteiger partial charge on any atom is -0.479 e. The maximum Gasteiger partial charge on any atom is 0.367 e. The highest BCUT2D eigenvalue weighted by Crippen LogP contribution is 2.17. The zero-order valence-corrected chi connectivity index (χ0v) is 8.47. The first-order valence-electron chi connectivity index (χ1n) is 4.34. The largest absolute Gasteiger partial charge is 0.479 e. The molecule has 0 spiro atoms. The van der Waals surface area contributed by atoms with Crippen molar-refractivity contribution in [3.05, 3.63) is 0 Å². The first-order chi connectivity index (χ1) is 6.90. The summed E-state index contributed by atoms with van der Waals surface area (Å²) in [6, 6.07) is 0. The third-order valence-electron chi connectivity index (χ3n) is 1.58. The van der Waals surface area contributed by atoms with Crippen LogP contribution in [0.1, 0.15) is 13.8 Å². The van der Waals surface area contributed by atoms with E-state index in [-0.39, 0.29) is 13.2 Å². The first-order valence-corrected chi connectivity index (χ1v) is 4.34. The van der Waals surface area contributed by atoms with E-state index < -0.39 is 23.8 Å². The number of hydrogen-bond donors (Lipinski definition) is 3. The number of aliphatic carboxylic acids is 2. The van der Waals surface area contributed by atoms with Crippen LogP contribution in [0.3, 0.4) is 0 Å². The lowest BCUT2D eigenvalue weighted by atomic mass is 10.1. The molecule has 2 unspecified atom stereocenters. The Morgan fingerprint density at radius 1 is 1.27 bits per heavy atom. The van der Waals surface area contributed by atoms with Gasteiger partial charge in [-0.25, -0.2) is 9.59 Å². The molecule has 0 radical (unpaired) electrons. The van der Waals surface area contributed by atoms with Crippen molar-refractivity contribution in [2.75, 3.05) is 13.2 Å². The summed E-state index contributed by atoms with van der Waals surface area (Å²) in [6.45, 7) is 2.70. The average molecular weight is 222 g/mol. The first kappa shape index (κ1) is 13.8. The second kappa shape index (κ2) is 5.64. The van der Waals surface area contributed by atoms with E-state index in [1.54, 1.807) is 0 Å². The molecule has 0 aromatic rings. The van der Waals surface area contributed by atoms with Crippen LogP contribution in [-0.4, -0.2) is 52.4 Å². The van der Waals surface area contributed by atoms with Gasteiger partial charge in [0.25, 0.3) is 0 Å². The molecule has 2 atom stereocenters. The quantitative estimate of drug-likeness (QED) is 0.487. The molecular weight excluding hydrogens is 208 g/mol. The minimum absolute atomic E-state index is 0.0559. The fourth-order valence-electron chi connectivity index (χ4n) is 0.988. The summed E-state index contributed by atoms with van der Waals surface area (Å²) in [5.74, 6) is -6.27. The fraction of sp³-hybridized carbons (Fsp3) is 0.750. The number of carbonyl (C=O) groups is 2. The molecule has 0 saturated carbocycles. The topological polar surface area (TPSA) is 113 Å². The Bertz CT molecular complexity index is 239. The van der Waals surface area contributed by atoms with Crippen molar-refractivity contribution in [1.29, 1.82) is 0 Å². The van der Waals surface area contributed by atoms with Gasteiger partial charge in [-0.15, -0.1) is 0 Å². The van der Waals surface area contributed by atoms with Crippen molar-refractivity contribution in [2.45, 2.75) is 25.7 Å². The van der Waals surface area contributed by atoms with Gasteiger partial charge in [0.2, 0.25) is 6.10 Å². The molecule has 0 rings (SSSR count). The Balaban J connectivity index is 4.98. The van der Waals surface area contributed by atoms with Crippen molar-refractivity contribution in [1.82, 2.24) is 0 Å². The molecule has 88 valence electrons. The summed E-state index contributed by atoms with van der Waals surface area (Å²) in [7, 11) is 0. The van der Waals surface area contributed by atoms with Crippen LogP contribution in [0.5, 0.6) is 0 Å². The van der Waals surface area contributed by atoms with E-state index >= 15 is 0 Å². The molecule has 0 aromatic carbocycles. The lowest BCUT2D eigenvalue weighted by Crippen LogP contribution is -2.56. The molecule has 0 aliphatic rings. The average Bonchev–Trinajstić information content (AvgIpc) is 2.13. The fourth-order valence-corrected chi connectivity index (χ4v) is 0.988. The molecule has 0 heterocycles. The Kier molecular flexibility index (Phi) is 5.20. The van der Waals surface area contributed by atoms with Crippen LogP contribution in [-0.2, 0) is 19.1 Å². The van der Waals surface area contributed by atoms with Gasteiger partial charge in [-0.3, -0.25) is 0 Å². The van der Waals surface area contributed by atoms with Gasteiger partial charge in [-0.2, -0.15) is 0 Å². The Labute approximate surface area is 86.2 Å². The van der Waals surface area contributed by atoms with Crippen molar-refractivity contribution in [2.24, 2.45) is 0 Å². The van der Waals surface area contributed by atoms with E-state index in [4.69, 9.17) is 10.2 Å². The number of aliphatic hydroxyl groups is 1. The van der Waals surface area contributed by atoms with Crippen LogP contribution in [0.25, 0.3) is 0 Å². The Morgan fingerprint density at radius 2 is 1.80 bits per heavy atom. The van der Waals surface area contributed by atoms with Gasteiger partial charge in [0.05, 0.1) is 0 Å². The molecule has 3 N–H and O–H groups in total. The second-order valence-electron chi connectivity index (χ2n) is 2.61. The molecule has 0 amide bonds. The van der Waals surface area contributed by atoms with Gasteiger partial charge in [-0.1, -0.05) is 0 Å². The summed E-state index contributed by atoms with van der Waals surface area (Å²) in [6.07, 6.45) is -1.96. The second-order valence-corrected chi connectivity index (χ2v) is 2.61. The van der Waals surface area contributed by atoms with Crippen molar-refractivity contribution >= 4 is 11.9 Å². The summed E-state index contributed by atoms with van der Waals surface area (Å²) >= 11 is 0. The van der Waals surface area contributed by atoms with E-state index in [0.717, 1.165) is 0 Å². The van der Waals surface area contributed by atoms with Crippen LogP contribution in [0.15, 0.2) is 0 Å². The van der Waals surface area contributed by atoms with Crippen LogP contribution in [0.4, 0.5) is 0 Å². The number of ether oxygens (including phenoxy) is 2. The maximum absolute atomic E-state index is 10.7. The summed E-state index contributed by atoms with van der Waals surface area (Å²) in [5, 5.41) is 26.9. The monoisotopic (exact) mass is 222 g/mol. The molecule has 0 aromatic heterocycles.